The number of rotatable bonds is 8. The lowest BCUT2D eigenvalue weighted by atomic mass is 9.96. The van der Waals surface area contributed by atoms with Crippen LogP contribution in [0.1, 0.15) is 20.3 Å². The Morgan fingerprint density at radius 3 is 2.30 bits per heavy atom. The van der Waals surface area contributed by atoms with Gasteiger partial charge in [0.15, 0.2) is 5.54 Å². The van der Waals surface area contributed by atoms with Gasteiger partial charge in [-0.1, -0.05) is 6.92 Å². The van der Waals surface area contributed by atoms with Gasteiger partial charge in [0, 0.05) is 12.8 Å². The van der Waals surface area contributed by atoms with Gasteiger partial charge in [-0.25, -0.2) is 4.79 Å². The molecule has 0 aliphatic rings. The lowest BCUT2D eigenvalue weighted by Crippen LogP contribution is -2.50. The summed E-state index contributed by atoms with van der Waals surface area (Å²) in [7, 11) is 3.18. The van der Waals surface area contributed by atoms with Gasteiger partial charge in [-0.15, -0.1) is 0 Å². The number of hydrogen-bond donors (Lipinski definition) is 1. The van der Waals surface area contributed by atoms with Crippen LogP contribution in [0.25, 0.3) is 0 Å². The molecule has 1 atom stereocenters. The summed E-state index contributed by atoms with van der Waals surface area (Å²) in [5.74, 6) is 0.459. The Morgan fingerprint density at radius 1 is 1.20 bits per heavy atom. The highest BCUT2D eigenvalue weighted by Crippen LogP contribution is 2.23. The zero-order valence-electron chi connectivity index (χ0n) is 12.6. The van der Waals surface area contributed by atoms with Crippen molar-refractivity contribution in [2.45, 2.75) is 25.8 Å². The molecular weight excluding hydrogens is 258 g/mol. The van der Waals surface area contributed by atoms with E-state index in [9.17, 15) is 4.79 Å². The molecule has 0 saturated carbocycles. The van der Waals surface area contributed by atoms with Crippen molar-refractivity contribution in [3.8, 4) is 5.75 Å². The van der Waals surface area contributed by atoms with Crippen LogP contribution in [0.2, 0.25) is 0 Å². The molecule has 5 heteroatoms. The first-order valence-corrected chi connectivity index (χ1v) is 6.70. The maximum Gasteiger partial charge on any atom is 0.334 e. The first-order valence-electron chi connectivity index (χ1n) is 6.70. The van der Waals surface area contributed by atoms with E-state index < -0.39 is 5.54 Å². The van der Waals surface area contributed by atoms with E-state index in [1.807, 2.05) is 31.2 Å². The van der Waals surface area contributed by atoms with Crippen LogP contribution in [0.15, 0.2) is 24.3 Å². The molecule has 1 rings (SSSR count). The summed E-state index contributed by atoms with van der Waals surface area (Å²) >= 11 is 0. The summed E-state index contributed by atoms with van der Waals surface area (Å²) in [6.07, 6.45) is 0.561. The molecule has 0 radical (unpaired) electrons. The Bertz CT molecular complexity index is 418. The quantitative estimate of drug-likeness (QED) is 0.742. The standard InChI is InChI=1S/C15H23NO4/c1-5-15(11-18-3,14(17)20-6-2)16-12-7-9-13(19-4)10-8-12/h7-10,16H,5-6,11H2,1-4H3. The van der Waals surface area contributed by atoms with Gasteiger partial charge in [0.25, 0.3) is 0 Å². The second kappa shape index (κ2) is 7.75. The number of hydrogen-bond acceptors (Lipinski definition) is 5. The molecule has 1 unspecified atom stereocenters. The van der Waals surface area contributed by atoms with Crippen LogP contribution in [0, 0.1) is 0 Å². The Labute approximate surface area is 120 Å². The highest BCUT2D eigenvalue weighted by Gasteiger charge is 2.38. The summed E-state index contributed by atoms with van der Waals surface area (Å²) in [5.41, 5.74) is -0.0583. The second-order valence-corrected chi connectivity index (χ2v) is 4.44. The second-order valence-electron chi connectivity index (χ2n) is 4.44. The fraction of sp³-hybridized carbons (Fsp3) is 0.533. The number of esters is 1. The largest absolute Gasteiger partial charge is 0.497 e. The summed E-state index contributed by atoms with van der Waals surface area (Å²) in [5, 5.41) is 3.22. The van der Waals surface area contributed by atoms with Crippen molar-refractivity contribution in [3.05, 3.63) is 24.3 Å². The van der Waals surface area contributed by atoms with Crippen molar-refractivity contribution in [1.29, 1.82) is 0 Å². The van der Waals surface area contributed by atoms with Crippen LogP contribution in [-0.4, -0.2) is 38.9 Å². The normalized spacial score (nSPS) is 13.4. The number of benzene rings is 1. The van der Waals surface area contributed by atoms with Gasteiger partial charge in [0.2, 0.25) is 0 Å². The van der Waals surface area contributed by atoms with Crippen LogP contribution >= 0.6 is 0 Å². The van der Waals surface area contributed by atoms with Crippen molar-refractivity contribution in [2.75, 3.05) is 32.8 Å². The van der Waals surface area contributed by atoms with Crippen LogP contribution < -0.4 is 10.1 Å². The van der Waals surface area contributed by atoms with Gasteiger partial charge in [0.05, 0.1) is 20.3 Å². The minimum absolute atomic E-state index is 0.244. The molecule has 0 fully saturated rings. The predicted octanol–water partition coefficient (Wildman–Crippen LogP) is 2.47. The maximum absolute atomic E-state index is 12.2. The Kier molecular flexibility index (Phi) is 6.31. The molecule has 0 bridgehead atoms. The number of nitrogens with one attached hydrogen (secondary N) is 1. The molecule has 1 aromatic carbocycles. The topological polar surface area (TPSA) is 56.8 Å². The molecule has 0 aliphatic carbocycles. The van der Waals surface area contributed by atoms with E-state index in [1.54, 1.807) is 21.1 Å². The zero-order chi connectivity index (χ0) is 15.0. The fourth-order valence-electron chi connectivity index (χ4n) is 1.95. The van der Waals surface area contributed by atoms with Crippen LogP contribution in [0.4, 0.5) is 5.69 Å². The number of methoxy groups -OCH3 is 2. The maximum atomic E-state index is 12.2. The van der Waals surface area contributed by atoms with E-state index in [2.05, 4.69) is 5.32 Å². The Morgan fingerprint density at radius 2 is 1.85 bits per heavy atom. The lowest BCUT2D eigenvalue weighted by Gasteiger charge is -2.31. The molecule has 5 nitrogen and oxygen atoms in total. The number of anilines is 1. The van der Waals surface area contributed by atoms with Crippen molar-refractivity contribution < 1.29 is 19.0 Å². The Balaban J connectivity index is 2.94. The molecule has 0 saturated heterocycles. The summed E-state index contributed by atoms with van der Waals surface area (Å²) in [6.45, 7) is 4.30. The molecule has 0 spiro atoms. The summed E-state index contributed by atoms with van der Waals surface area (Å²) in [6, 6.07) is 7.39. The predicted molar refractivity (Wildman–Crippen MR) is 78.1 cm³/mol. The molecular formula is C15H23NO4. The van der Waals surface area contributed by atoms with Gasteiger partial charge in [-0.2, -0.15) is 0 Å². The first-order chi connectivity index (χ1) is 9.61. The number of carbonyl (C=O) groups excluding carboxylic acids is 1. The van der Waals surface area contributed by atoms with E-state index in [1.165, 1.54) is 0 Å². The van der Waals surface area contributed by atoms with Crippen LogP contribution in [0.3, 0.4) is 0 Å². The average molecular weight is 281 g/mol. The lowest BCUT2D eigenvalue weighted by molar-refractivity contribution is -0.150. The molecule has 0 amide bonds. The molecule has 0 aliphatic heterocycles. The van der Waals surface area contributed by atoms with Crippen molar-refractivity contribution in [3.63, 3.8) is 0 Å². The van der Waals surface area contributed by atoms with E-state index in [0.717, 1.165) is 11.4 Å². The van der Waals surface area contributed by atoms with Crippen LogP contribution in [-0.2, 0) is 14.3 Å². The average Bonchev–Trinajstić information content (AvgIpc) is 2.47. The van der Waals surface area contributed by atoms with Gasteiger partial charge in [-0.05, 0) is 37.6 Å². The third-order valence-electron chi connectivity index (χ3n) is 3.13. The van der Waals surface area contributed by atoms with E-state index in [-0.39, 0.29) is 12.6 Å². The molecule has 112 valence electrons. The molecule has 1 N–H and O–H groups in total. The molecule has 1 aromatic rings. The Hall–Kier alpha value is -1.75. The molecule has 20 heavy (non-hydrogen) atoms. The van der Waals surface area contributed by atoms with Crippen molar-refractivity contribution >= 4 is 11.7 Å². The van der Waals surface area contributed by atoms with E-state index >= 15 is 0 Å². The summed E-state index contributed by atoms with van der Waals surface area (Å²) < 4.78 is 15.5. The van der Waals surface area contributed by atoms with Crippen molar-refractivity contribution in [2.24, 2.45) is 0 Å². The number of ether oxygens (including phenoxy) is 3. The third-order valence-corrected chi connectivity index (χ3v) is 3.13. The summed E-state index contributed by atoms with van der Waals surface area (Å²) in [4.78, 5) is 12.2. The monoisotopic (exact) mass is 281 g/mol. The highest BCUT2D eigenvalue weighted by molar-refractivity contribution is 5.84. The van der Waals surface area contributed by atoms with Crippen LogP contribution in [0.5, 0.6) is 5.75 Å². The minimum Gasteiger partial charge on any atom is -0.497 e. The van der Waals surface area contributed by atoms with Gasteiger partial charge >= 0.3 is 5.97 Å². The van der Waals surface area contributed by atoms with Gasteiger partial charge in [0.1, 0.15) is 5.75 Å². The minimum atomic E-state index is -0.876. The molecule has 0 aromatic heterocycles. The van der Waals surface area contributed by atoms with E-state index in [4.69, 9.17) is 14.2 Å². The van der Waals surface area contributed by atoms with E-state index in [0.29, 0.717) is 13.0 Å². The van der Waals surface area contributed by atoms with Gasteiger partial charge < -0.3 is 19.5 Å². The first kappa shape index (κ1) is 16.3. The smallest absolute Gasteiger partial charge is 0.334 e. The number of carbonyl (C=O) groups is 1. The van der Waals surface area contributed by atoms with Crippen molar-refractivity contribution in [1.82, 2.24) is 0 Å². The van der Waals surface area contributed by atoms with Gasteiger partial charge in [-0.3, -0.25) is 0 Å². The third kappa shape index (κ3) is 3.87. The molecule has 0 heterocycles. The SMILES string of the molecule is CCOC(=O)C(CC)(COC)Nc1ccc(OC)cc1. The highest BCUT2D eigenvalue weighted by atomic mass is 16.5. The fourth-order valence-corrected chi connectivity index (χ4v) is 1.95. The zero-order valence-corrected chi connectivity index (χ0v) is 12.6.